The third kappa shape index (κ3) is 3.20. The molecule has 0 radical (unpaired) electrons. The van der Waals surface area contributed by atoms with Crippen molar-refractivity contribution >= 4 is 24.8 Å². The van der Waals surface area contributed by atoms with E-state index in [1.165, 1.54) is 0 Å². The van der Waals surface area contributed by atoms with Crippen LogP contribution in [-0.2, 0) is 6.54 Å². The zero-order chi connectivity index (χ0) is 9.10. The molecule has 0 aliphatic carbocycles. The van der Waals surface area contributed by atoms with Crippen molar-refractivity contribution in [2.75, 3.05) is 0 Å². The molecule has 2 N–H and O–H groups in total. The van der Waals surface area contributed by atoms with Crippen LogP contribution in [0, 0.1) is 0 Å². The monoisotopic (exact) mass is 246 g/mol. The molecule has 0 saturated heterocycles. The maximum absolute atomic E-state index is 5.50. The second kappa shape index (κ2) is 6.40. The molecule has 0 fully saturated rings. The van der Waals surface area contributed by atoms with Crippen molar-refractivity contribution in [3.63, 3.8) is 0 Å². The second-order valence-corrected chi connectivity index (χ2v) is 2.71. The predicted octanol–water partition coefficient (Wildman–Crippen LogP) is 1.57. The van der Waals surface area contributed by atoms with Gasteiger partial charge in [0.2, 0.25) is 0 Å². The summed E-state index contributed by atoms with van der Waals surface area (Å²) in [5.74, 6) is 0. The van der Waals surface area contributed by atoms with E-state index in [1.807, 2.05) is 18.3 Å². The molecule has 0 unspecified atom stereocenters. The van der Waals surface area contributed by atoms with Gasteiger partial charge in [0, 0.05) is 25.1 Å². The van der Waals surface area contributed by atoms with Gasteiger partial charge in [0.05, 0.1) is 11.9 Å². The fourth-order valence-electron chi connectivity index (χ4n) is 1.13. The molecule has 0 atom stereocenters. The SMILES string of the molecule is Cl.Cl.NCc1cncc(-n2cccn2)c1. The largest absolute Gasteiger partial charge is 0.326 e. The van der Waals surface area contributed by atoms with Crippen LogP contribution in [0.1, 0.15) is 5.56 Å². The molecule has 15 heavy (non-hydrogen) atoms. The smallest absolute Gasteiger partial charge is 0.0831 e. The van der Waals surface area contributed by atoms with Gasteiger partial charge >= 0.3 is 0 Å². The summed E-state index contributed by atoms with van der Waals surface area (Å²) >= 11 is 0. The first kappa shape index (κ1) is 13.9. The highest BCUT2D eigenvalue weighted by molar-refractivity contribution is 5.85. The molecule has 0 aromatic carbocycles. The number of rotatable bonds is 2. The van der Waals surface area contributed by atoms with Crippen molar-refractivity contribution in [2.45, 2.75) is 6.54 Å². The van der Waals surface area contributed by atoms with E-state index in [1.54, 1.807) is 23.3 Å². The first-order valence-electron chi connectivity index (χ1n) is 4.04. The second-order valence-electron chi connectivity index (χ2n) is 2.71. The lowest BCUT2D eigenvalue weighted by Crippen LogP contribution is -2.00. The molecule has 0 spiro atoms. The first-order chi connectivity index (χ1) is 6.40. The van der Waals surface area contributed by atoms with E-state index in [0.717, 1.165) is 11.3 Å². The summed E-state index contributed by atoms with van der Waals surface area (Å²) in [6.45, 7) is 0.502. The Balaban J connectivity index is 0.000000980. The maximum atomic E-state index is 5.50. The lowest BCUT2D eigenvalue weighted by Gasteiger charge is -2.01. The highest BCUT2D eigenvalue weighted by Crippen LogP contribution is 2.06. The van der Waals surface area contributed by atoms with E-state index in [-0.39, 0.29) is 24.8 Å². The van der Waals surface area contributed by atoms with Gasteiger partial charge in [0.25, 0.3) is 0 Å². The quantitative estimate of drug-likeness (QED) is 0.876. The minimum absolute atomic E-state index is 0. The molecule has 0 bridgehead atoms. The van der Waals surface area contributed by atoms with Crippen LogP contribution < -0.4 is 5.73 Å². The maximum Gasteiger partial charge on any atom is 0.0831 e. The van der Waals surface area contributed by atoms with Gasteiger partial charge in [0.1, 0.15) is 0 Å². The van der Waals surface area contributed by atoms with E-state index in [0.29, 0.717) is 6.54 Å². The molecule has 2 aromatic rings. The highest BCUT2D eigenvalue weighted by Gasteiger charge is 1.96. The van der Waals surface area contributed by atoms with Gasteiger partial charge in [-0.05, 0) is 17.7 Å². The van der Waals surface area contributed by atoms with E-state index >= 15 is 0 Å². The third-order valence-corrected chi connectivity index (χ3v) is 1.79. The average Bonchev–Trinajstić information content (AvgIpc) is 2.71. The number of nitrogens with two attached hydrogens (primary N) is 1. The van der Waals surface area contributed by atoms with Crippen molar-refractivity contribution in [3.8, 4) is 5.69 Å². The highest BCUT2D eigenvalue weighted by atomic mass is 35.5. The molecule has 0 amide bonds. The van der Waals surface area contributed by atoms with E-state index in [2.05, 4.69) is 10.1 Å². The fourth-order valence-corrected chi connectivity index (χ4v) is 1.13. The molecular weight excluding hydrogens is 235 g/mol. The minimum Gasteiger partial charge on any atom is -0.326 e. The lowest BCUT2D eigenvalue weighted by atomic mass is 10.3. The van der Waals surface area contributed by atoms with Crippen LogP contribution in [0.2, 0.25) is 0 Å². The lowest BCUT2D eigenvalue weighted by molar-refractivity contribution is 0.867. The number of nitrogens with zero attached hydrogens (tertiary/aromatic N) is 3. The van der Waals surface area contributed by atoms with Crippen LogP contribution in [0.25, 0.3) is 5.69 Å². The standard InChI is InChI=1S/C9H10N4.2ClH/c10-5-8-4-9(7-11-6-8)13-3-1-2-12-13;;/h1-4,6-7H,5,10H2;2*1H. The summed E-state index contributed by atoms with van der Waals surface area (Å²) in [6, 6.07) is 3.84. The van der Waals surface area contributed by atoms with Crippen molar-refractivity contribution < 1.29 is 0 Å². The Kier molecular flexibility index (Phi) is 5.93. The third-order valence-electron chi connectivity index (χ3n) is 1.79. The molecule has 2 rings (SSSR count). The van der Waals surface area contributed by atoms with Gasteiger partial charge in [-0.15, -0.1) is 24.8 Å². The van der Waals surface area contributed by atoms with Crippen molar-refractivity contribution in [1.82, 2.24) is 14.8 Å². The Hall–Kier alpha value is -1.10. The number of hydrogen-bond donors (Lipinski definition) is 1. The molecular formula is C9H12Cl2N4. The number of halogens is 2. The Morgan fingerprint density at radius 3 is 2.67 bits per heavy atom. The Bertz CT molecular complexity index is 389. The normalized spacial score (nSPS) is 8.87. The van der Waals surface area contributed by atoms with Crippen LogP contribution in [0.5, 0.6) is 0 Å². The topological polar surface area (TPSA) is 56.7 Å². The van der Waals surface area contributed by atoms with Gasteiger partial charge in [-0.3, -0.25) is 4.98 Å². The first-order valence-corrected chi connectivity index (χ1v) is 4.04. The Morgan fingerprint density at radius 2 is 2.07 bits per heavy atom. The fraction of sp³-hybridized carbons (Fsp3) is 0.111. The van der Waals surface area contributed by atoms with Gasteiger partial charge in [-0.1, -0.05) is 0 Å². The average molecular weight is 247 g/mol. The Labute approximate surface area is 100 Å². The van der Waals surface area contributed by atoms with Crippen molar-refractivity contribution in [3.05, 3.63) is 42.5 Å². The summed E-state index contributed by atoms with van der Waals surface area (Å²) in [5.41, 5.74) is 7.45. The van der Waals surface area contributed by atoms with Gasteiger partial charge < -0.3 is 5.73 Å². The molecule has 0 saturated carbocycles. The van der Waals surface area contributed by atoms with Crippen LogP contribution in [-0.4, -0.2) is 14.8 Å². The number of aromatic nitrogens is 3. The van der Waals surface area contributed by atoms with Gasteiger partial charge in [-0.25, -0.2) is 4.68 Å². The van der Waals surface area contributed by atoms with Gasteiger partial charge in [0.15, 0.2) is 0 Å². The summed E-state index contributed by atoms with van der Waals surface area (Å²) in [4.78, 5) is 4.07. The molecule has 0 aliphatic heterocycles. The van der Waals surface area contributed by atoms with Crippen LogP contribution >= 0.6 is 24.8 Å². The summed E-state index contributed by atoms with van der Waals surface area (Å²) in [5, 5.41) is 4.10. The summed E-state index contributed by atoms with van der Waals surface area (Å²) in [6.07, 6.45) is 7.12. The number of hydrogen-bond acceptors (Lipinski definition) is 3. The van der Waals surface area contributed by atoms with E-state index in [4.69, 9.17) is 5.73 Å². The summed E-state index contributed by atoms with van der Waals surface area (Å²) < 4.78 is 1.76. The number of pyridine rings is 1. The molecule has 4 nitrogen and oxygen atoms in total. The predicted molar refractivity (Wildman–Crippen MR) is 63.7 cm³/mol. The molecule has 82 valence electrons. The molecule has 0 aliphatic rings. The van der Waals surface area contributed by atoms with E-state index in [9.17, 15) is 0 Å². The summed E-state index contributed by atoms with van der Waals surface area (Å²) in [7, 11) is 0. The molecule has 6 heteroatoms. The van der Waals surface area contributed by atoms with Crippen LogP contribution in [0.15, 0.2) is 36.9 Å². The minimum atomic E-state index is 0. The van der Waals surface area contributed by atoms with Crippen LogP contribution in [0.4, 0.5) is 0 Å². The zero-order valence-corrected chi connectivity index (χ0v) is 9.54. The van der Waals surface area contributed by atoms with Gasteiger partial charge in [-0.2, -0.15) is 5.10 Å². The van der Waals surface area contributed by atoms with Crippen LogP contribution in [0.3, 0.4) is 0 Å². The van der Waals surface area contributed by atoms with Crippen molar-refractivity contribution in [1.29, 1.82) is 0 Å². The molecule has 2 heterocycles. The molecule has 2 aromatic heterocycles. The Morgan fingerprint density at radius 1 is 1.27 bits per heavy atom. The zero-order valence-electron chi connectivity index (χ0n) is 7.91. The van der Waals surface area contributed by atoms with Crippen molar-refractivity contribution in [2.24, 2.45) is 5.73 Å². The van der Waals surface area contributed by atoms with E-state index < -0.39 is 0 Å².